The maximum Gasteiger partial charge on any atom is 0.167 e. The first kappa shape index (κ1) is 18.8. The van der Waals surface area contributed by atoms with Gasteiger partial charge in [-0.15, -0.1) is 0 Å². The molecule has 0 radical (unpaired) electrons. The summed E-state index contributed by atoms with van der Waals surface area (Å²) in [5.74, 6) is 0.682. The van der Waals surface area contributed by atoms with Crippen LogP contribution in [-0.4, -0.2) is 66.3 Å². The number of aromatic nitrogens is 4. The third-order valence-corrected chi connectivity index (χ3v) is 5.03. The molecule has 0 aliphatic carbocycles. The van der Waals surface area contributed by atoms with E-state index in [1.807, 2.05) is 25.1 Å². The van der Waals surface area contributed by atoms with Crippen molar-refractivity contribution in [1.82, 2.24) is 19.5 Å². The zero-order valence-corrected chi connectivity index (χ0v) is 15.5. The number of aliphatic hydroxyl groups excluding tert-OH is 3. The Hall–Kier alpha value is -2.59. The van der Waals surface area contributed by atoms with Crippen LogP contribution in [0.25, 0.3) is 11.2 Å². The molecule has 9 heteroatoms. The molecule has 1 unspecified atom stereocenters. The summed E-state index contributed by atoms with van der Waals surface area (Å²) in [5, 5.41) is 29.7. The van der Waals surface area contributed by atoms with Gasteiger partial charge >= 0.3 is 0 Å². The first-order chi connectivity index (χ1) is 13.6. The molecule has 0 spiro atoms. The van der Waals surface area contributed by atoms with Crippen LogP contribution in [0.5, 0.6) is 0 Å². The van der Waals surface area contributed by atoms with Gasteiger partial charge in [-0.05, 0) is 12.5 Å². The van der Waals surface area contributed by atoms with Crippen LogP contribution in [0.2, 0.25) is 0 Å². The molecule has 1 saturated heterocycles. The van der Waals surface area contributed by atoms with Gasteiger partial charge in [0.25, 0.3) is 0 Å². The van der Waals surface area contributed by atoms with E-state index in [9.17, 15) is 15.3 Å². The van der Waals surface area contributed by atoms with Gasteiger partial charge in [0.05, 0.1) is 12.9 Å². The fourth-order valence-corrected chi connectivity index (χ4v) is 3.51. The summed E-state index contributed by atoms with van der Waals surface area (Å²) in [4.78, 5) is 15.3. The van der Waals surface area contributed by atoms with Gasteiger partial charge in [-0.2, -0.15) is 0 Å². The van der Waals surface area contributed by atoms with Crippen molar-refractivity contribution in [2.75, 3.05) is 18.1 Å². The number of rotatable bonds is 6. The molecule has 0 bridgehead atoms. The summed E-state index contributed by atoms with van der Waals surface area (Å²) in [7, 11) is 0. The summed E-state index contributed by atoms with van der Waals surface area (Å²) < 4.78 is 7.18. The molecule has 0 amide bonds. The van der Waals surface area contributed by atoms with E-state index in [-0.39, 0.29) is 6.61 Å². The molecule has 0 saturated carbocycles. The monoisotopic (exact) mass is 385 g/mol. The zero-order chi connectivity index (χ0) is 19.7. The van der Waals surface area contributed by atoms with E-state index in [0.717, 1.165) is 12.1 Å². The number of aliphatic hydroxyl groups is 3. The summed E-state index contributed by atoms with van der Waals surface area (Å²) in [6.07, 6.45) is -1.16. The van der Waals surface area contributed by atoms with Gasteiger partial charge in [-0.1, -0.05) is 30.3 Å². The fourth-order valence-electron chi connectivity index (χ4n) is 3.51. The lowest BCUT2D eigenvalue weighted by molar-refractivity contribution is -0.0511. The van der Waals surface area contributed by atoms with Crippen LogP contribution in [0.15, 0.2) is 43.0 Å². The minimum atomic E-state index is -1.19. The Bertz CT molecular complexity index is 934. The predicted molar refractivity (Wildman–Crippen MR) is 101 cm³/mol. The largest absolute Gasteiger partial charge is 0.394 e. The minimum Gasteiger partial charge on any atom is -0.394 e. The smallest absolute Gasteiger partial charge is 0.167 e. The number of fused-ring (bicyclic) bond motifs is 1. The standard InChI is InChI=1S/C19H23N5O4/c1-2-23(8-12-6-4-3-5-7-12)17-14-18(21-10-20-17)24(11-22-14)19-16(27)15(26)13(9-25)28-19/h3-7,10-11,13,15-16,19,25-27H,2,8-9H2,1H3/t13-,15+,16?,19-/m1/s1. The molecule has 3 heterocycles. The van der Waals surface area contributed by atoms with Crippen molar-refractivity contribution >= 4 is 17.0 Å². The maximum atomic E-state index is 10.3. The third-order valence-electron chi connectivity index (χ3n) is 5.03. The Balaban J connectivity index is 1.69. The molecule has 1 aliphatic rings. The lowest BCUT2D eigenvalue weighted by Crippen LogP contribution is -2.33. The molecule has 4 rings (SSSR count). The molecule has 3 aromatic rings. The Morgan fingerprint density at radius 3 is 2.57 bits per heavy atom. The molecule has 1 aromatic carbocycles. The highest BCUT2D eigenvalue weighted by Crippen LogP contribution is 2.32. The average molecular weight is 385 g/mol. The number of anilines is 1. The van der Waals surface area contributed by atoms with Gasteiger partial charge in [0.2, 0.25) is 0 Å². The van der Waals surface area contributed by atoms with Crippen LogP contribution in [0.3, 0.4) is 0 Å². The highest BCUT2D eigenvalue weighted by atomic mass is 16.6. The predicted octanol–water partition coefficient (Wildman–Crippen LogP) is 0.464. The quantitative estimate of drug-likeness (QED) is 0.560. The van der Waals surface area contributed by atoms with Crippen LogP contribution in [0.4, 0.5) is 5.82 Å². The highest BCUT2D eigenvalue weighted by molar-refractivity contribution is 5.83. The lowest BCUT2D eigenvalue weighted by Gasteiger charge is -2.22. The normalized spacial score (nSPS) is 24.7. The van der Waals surface area contributed by atoms with Crippen molar-refractivity contribution in [2.24, 2.45) is 0 Å². The van der Waals surface area contributed by atoms with E-state index >= 15 is 0 Å². The molecule has 9 nitrogen and oxygen atoms in total. The molecule has 4 atom stereocenters. The number of imidazole rings is 1. The molecule has 1 fully saturated rings. The molecule has 1 aliphatic heterocycles. The number of hydrogen-bond acceptors (Lipinski definition) is 8. The Kier molecular flexibility index (Phi) is 5.23. The number of hydrogen-bond donors (Lipinski definition) is 3. The third kappa shape index (κ3) is 3.22. The van der Waals surface area contributed by atoms with Crippen LogP contribution < -0.4 is 4.90 Å². The molecule has 3 N–H and O–H groups in total. The highest BCUT2D eigenvalue weighted by Gasteiger charge is 2.44. The fraction of sp³-hybridized carbons (Fsp3) is 0.421. The first-order valence-electron chi connectivity index (χ1n) is 9.23. The van der Waals surface area contributed by atoms with Gasteiger partial charge in [0.1, 0.15) is 24.6 Å². The van der Waals surface area contributed by atoms with E-state index in [4.69, 9.17) is 4.74 Å². The van der Waals surface area contributed by atoms with Crippen molar-refractivity contribution < 1.29 is 20.1 Å². The van der Waals surface area contributed by atoms with Crippen LogP contribution in [0, 0.1) is 0 Å². The van der Waals surface area contributed by atoms with E-state index in [1.165, 1.54) is 12.7 Å². The second-order valence-corrected chi connectivity index (χ2v) is 6.75. The Morgan fingerprint density at radius 2 is 1.89 bits per heavy atom. The van der Waals surface area contributed by atoms with E-state index < -0.39 is 24.5 Å². The molecule has 28 heavy (non-hydrogen) atoms. The van der Waals surface area contributed by atoms with Crippen molar-refractivity contribution in [3.63, 3.8) is 0 Å². The van der Waals surface area contributed by atoms with Crippen LogP contribution in [0.1, 0.15) is 18.7 Å². The van der Waals surface area contributed by atoms with Crippen molar-refractivity contribution in [3.05, 3.63) is 48.5 Å². The van der Waals surface area contributed by atoms with Gasteiger partial charge in [0, 0.05) is 13.1 Å². The van der Waals surface area contributed by atoms with Gasteiger partial charge < -0.3 is 25.0 Å². The lowest BCUT2D eigenvalue weighted by atomic mass is 10.1. The average Bonchev–Trinajstić information content (AvgIpc) is 3.28. The van der Waals surface area contributed by atoms with Gasteiger partial charge in [0.15, 0.2) is 23.2 Å². The van der Waals surface area contributed by atoms with Crippen molar-refractivity contribution in [2.45, 2.75) is 38.0 Å². The van der Waals surface area contributed by atoms with Crippen LogP contribution >= 0.6 is 0 Å². The summed E-state index contributed by atoms with van der Waals surface area (Å²) >= 11 is 0. The summed E-state index contributed by atoms with van der Waals surface area (Å²) in [6, 6.07) is 10.1. The molecular formula is C19H23N5O4. The van der Waals surface area contributed by atoms with Crippen LogP contribution in [-0.2, 0) is 11.3 Å². The Morgan fingerprint density at radius 1 is 1.11 bits per heavy atom. The summed E-state index contributed by atoms with van der Waals surface area (Å²) in [5.41, 5.74) is 2.23. The SMILES string of the molecule is CCN(Cc1ccccc1)c1ncnc2c1ncn2[C@@H]1O[C@H](CO)[C@H](O)C1O. The number of ether oxygens (including phenoxy) is 1. The van der Waals surface area contributed by atoms with Crippen molar-refractivity contribution in [1.29, 1.82) is 0 Å². The topological polar surface area (TPSA) is 117 Å². The van der Waals surface area contributed by atoms with Crippen molar-refractivity contribution in [3.8, 4) is 0 Å². The van der Waals surface area contributed by atoms with Gasteiger partial charge in [-0.3, -0.25) is 4.57 Å². The maximum absolute atomic E-state index is 10.3. The van der Waals surface area contributed by atoms with E-state index in [0.29, 0.717) is 23.5 Å². The minimum absolute atomic E-state index is 0.387. The van der Waals surface area contributed by atoms with E-state index in [1.54, 1.807) is 4.57 Å². The number of nitrogens with zero attached hydrogens (tertiary/aromatic N) is 5. The van der Waals surface area contributed by atoms with Gasteiger partial charge in [-0.25, -0.2) is 15.0 Å². The first-order valence-corrected chi connectivity index (χ1v) is 9.23. The Labute approximate surface area is 161 Å². The second kappa shape index (κ2) is 7.80. The number of benzene rings is 1. The van der Waals surface area contributed by atoms with E-state index in [2.05, 4.69) is 32.0 Å². The molecular weight excluding hydrogens is 362 g/mol. The molecule has 2 aromatic heterocycles. The zero-order valence-electron chi connectivity index (χ0n) is 15.5. The summed E-state index contributed by atoms with van der Waals surface area (Å²) in [6.45, 7) is 3.05. The second-order valence-electron chi connectivity index (χ2n) is 6.75. The molecule has 148 valence electrons.